The molecule has 0 saturated carbocycles. The molecule has 1 amide bonds. The summed E-state index contributed by atoms with van der Waals surface area (Å²) >= 11 is 0. The Balaban J connectivity index is 0.00000288. The second-order valence-corrected chi connectivity index (χ2v) is 5.34. The summed E-state index contributed by atoms with van der Waals surface area (Å²) < 4.78 is 10.8. The van der Waals surface area contributed by atoms with Crippen LogP contribution < -0.4 is 15.4 Å². The van der Waals surface area contributed by atoms with Crippen molar-refractivity contribution in [3.05, 3.63) is 36.4 Å². The molecule has 0 radical (unpaired) electrons. The molecule has 2 aromatic rings. The fourth-order valence-electron chi connectivity index (χ4n) is 1.99. The van der Waals surface area contributed by atoms with E-state index in [1.54, 1.807) is 13.3 Å². The van der Waals surface area contributed by atoms with Crippen molar-refractivity contribution in [2.24, 2.45) is 0 Å². The summed E-state index contributed by atoms with van der Waals surface area (Å²) in [5.41, 5.74) is 0.928. The number of carbonyl (C=O) groups is 1. The number of nitrogens with zero attached hydrogens (tertiary/aromatic N) is 1. The van der Waals surface area contributed by atoms with E-state index in [1.165, 1.54) is 0 Å². The van der Waals surface area contributed by atoms with Crippen molar-refractivity contribution in [3.63, 3.8) is 0 Å². The summed E-state index contributed by atoms with van der Waals surface area (Å²) in [5, 5.41) is 5.94. The maximum atomic E-state index is 11.8. The maximum absolute atomic E-state index is 11.8. The van der Waals surface area contributed by atoms with Crippen molar-refractivity contribution < 1.29 is 13.9 Å². The van der Waals surface area contributed by atoms with Crippen molar-refractivity contribution in [1.82, 2.24) is 15.6 Å². The number of hydrogen-bond acceptors (Lipinski definition) is 5. The van der Waals surface area contributed by atoms with Crippen LogP contribution in [0.15, 0.2) is 34.9 Å². The molecule has 1 unspecified atom stereocenters. The van der Waals surface area contributed by atoms with Crippen LogP contribution in [0.1, 0.15) is 19.2 Å². The van der Waals surface area contributed by atoms with E-state index in [-0.39, 0.29) is 36.8 Å². The van der Waals surface area contributed by atoms with E-state index in [9.17, 15) is 4.79 Å². The molecule has 25 heavy (non-hydrogen) atoms. The lowest BCUT2D eigenvalue weighted by Gasteiger charge is -2.10. The molecule has 140 valence electrons. The number of amides is 1. The number of rotatable bonds is 8. The highest BCUT2D eigenvalue weighted by molar-refractivity contribution is 5.85. The van der Waals surface area contributed by atoms with Crippen molar-refractivity contribution in [2.75, 3.05) is 20.7 Å². The third kappa shape index (κ3) is 7.34. The summed E-state index contributed by atoms with van der Waals surface area (Å²) in [4.78, 5) is 16.0. The smallest absolute Gasteiger partial charge is 0.220 e. The number of oxazole rings is 1. The minimum Gasteiger partial charge on any atom is -0.497 e. The Hall–Kier alpha value is -1.76. The van der Waals surface area contributed by atoms with Gasteiger partial charge in [0, 0.05) is 31.0 Å². The average Bonchev–Trinajstić information content (AvgIpc) is 3.06. The van der Waals surface area contributed by atoms with Crippen LogP contribution in [0.25, 0.3) is 11.3 Å². The van der Waals surface area contributed by atoms with Gasteiger partial charge in [-0.25, -0.2) is 4.98 Å². The van der Waals surface area contributed by atoms with Gasteiger partial charge in [-0.05, 0) is 38.2 Å². The molecule has 1 aromatic carbocycles. The van der Waals surface area contributed by atoms with Gasteiger partial charge in [-0.3, -0.25) is 4.79 Å². The monoisotopic (exact) mass is 389 g/mol. The molecule has 0 spiro atoms. The second-order valence-electron chi connectivity index (χ2n) is 5.34. The van der Waals surface area contributed by atoms with Crippen LogP contribution in [0.4, 0.5) is 0 Å². The molecule has 0 fully saturated rings. The molecule has 1 aromatic heterocycles. The Bertz CT molecular complexity index is 632. The van der Waals surface area contributed by atoms with E-state index >= 15 is 0 Å². The molecular formula is C17H25Cl2N3O3. The summed E-state index contributed by atoms with van der Waals surface area (Å²) in [7, 11) is 3.49. The first-order valence-electron chi connectivity index (χ1n) is 7.65. The third-order valence-electron chi connectivity index (χ3n) is 3.59. The SMILES string of the molecule is CNC(C)CNC(=O)CCc1ncc(-c2ccc(OC)cc2)o1.Cl.Cl. The van der Waals surface area contributed by atoms with Crippen molar-refractivity contribution >= 4 is 30.7 Å². The number of hydrogen-bond donors (Lipinski definition) is 2. The van der Waals surface area contributed by atoms with Crippen LogP contribution in [0.5, 0.6) is 5.75 Å². The van der Waals surface area contributed by atoms with Gasteiger partial charge in [0.15, 0.2) is 11.7 Å². The molecule has 0 aliphatic carbocycles. The number of aromatic nitrogens is 1. The van der Waals surface area contributed by atoms with Crippen LogP contribution in [0.2, 0.25) is 0 Å². The zero-order chi connectivity index (χ0) is 16.7. The topological polar surface area (TPSA) is 76.4 Å². The fourth-order valence-corrected chi connectivity index (χ4v) is 1.99. The molecule has 0 aliphatic heterocycles. The molecule has 1 heterocycles. The summed E-state index contributed by atoms with van der Waals surface area (Å²) in [5.74, 6) is 2.04. The van der Waals surface area contributed by atoms with Crippen LogP contribution in [0, 0.1) is 0 Å². The van der Waals surface area contributed by atoms with Crippen LogP contribution in [0.3, 0.4) is 0 Å². The predicted octanol–water partition coefficient (Wildman–Crippen LogP) is 2.85. The number of benzene rings is 1. The lowest BCUT2D eigenvalue weighted by atomic mass is 10.2. The van der Waals surface area contributed by atoms with Gasteiger partial charge in [-0.1, -0.05) is 0 Å². The van der Waals surface area contributed by atoms with E-state index in [4.69, 9.17) is 9.15 Å². The van der Waals surface area contributed by atoms with Crippen LogP contribution in [-0.2, 0) is 11.2 Å². The highest BCUT2D eigenvalue weighted by atomic mass is 35.5. The number of carbonyl (C=O) groups excluding carboxylic acids is 1. The normalized spacial score (nSPS) is 11.0. The lowest BCUT2D eigenvalue weighted by molar-refractivity contribution is -0.121. The molecule has 2 rings (SSSR count). The van der Waals surface area contributed by atoms with Gasteiger partial charge in [-0.2, -0.15) is 0 Å². The Labute approximate surface area is 160 Å². The Morgan fingerprint density at radius 3 is 2.56 bits per heavy atom. The number of nitrogens with one attached hydrogen (secondary N) is 2. The second kappa shape index (κ2) is 11.7. The Morgan fingerprint density at radius 2 is 1.96 bits per heavy atom. The number of aryl methyl sites for hydroxylation is 1. The van der Waals surface area contributed by atoms with Crippen molar-refractivity contribution in [1.29, 1.82) is 0 Å². The Morgan fingerprint density at radius 1 is 1.28 bits per heavy atom. The predicted molar refractivity (Wildman–Crippen MR) is 103 cm³/mol. The van der Waals surface area contributed by atoms with Crippen molar-refractivity contribution in [3.8, 4) is 17.1 Å². The highest BCUT2D eigenvalue weighted by Crippen LogP contribution is 2.23. The summed E-state index contributed by atoms with van der Waals surface area (Å²) in [6.45, 7) is 2.62. The van der Waals surface area contributed by atoms with E-state index in [1.807, 2.05) is 38.2 Å². The van der Waals surface area contributed by atoms with Gasteiger partial charge >= 0.3 is 0 Å². The Kier molecular flexibility index (Phi) is 10.9. The van der Waals surface area contributed by atoms with Gasteiger partial charge < -0.3 is 19.8 Å². The van der Waals surface area contributed by atoms with Crippen molar-refractivity contribution in [2.45, 2.75) is 25.8 Å². The van der Waals surface area contributed by atoms with Crippen LogP contribution >= 0.6 is 24.8 Å². The van der Waals surface area contributed by atoms with Gasteiger partial charge in [0.25, 0.3) is 0 Å². The van der Waals surface area contributed by atoms with Gasteiger partial charge in [-0.15, -0.1) is 24.8 Å². The molecule has 0 aliphatic rings. The van der Waals surface area contributed by atoms with Gasteiger partial charge in [0.05, 0.1) is 13.3 Å². The first-order valence-corrected chi connectivity index (χ1v) is 7.65. The standard InChI is InChI=1S/C17H23N3O3.2ClH/c1-12(18-2)10-19-16(21)8-9-17-20-11-15(23-17)13-4-6-14(22-3)7-5-13;;/h4-7,11-12,18H,8-10H2,1-3H3,(H,19,21);2*1H. The molecule has 0 saturated heterocycles. The fraction of sp³-hybridized carbons (Fsp3) is 0.412. The largest absolute Gasteiger partial charge is 0.497 e. The number of ether oxygens (including phenoxy) is 1. The van der Waals surface area contributed by atoms with E-state index in [0.717, 1.165) is 11.3 Å². The molecule has 6 nitrogen and oxygen atoms in total. The minimum atomic E-state index is -0.00343. The molecule has 1 atom stereocenters. The first-order chi connectivity index (χ1) is 11.1. The van der Waals surface area contributed by atoms with E-state index in [0.29, 0.717) is 31.0 Å². The molecule has 0 bridgehead atoms. The van der Waals surface area contributed by atoms with E-state index in [2.05, 4.69) is 15.6 Å². The van der Waals surface area contributed by atoms with E-state index < -0.39 is 0 Å². The lowest BCUT2D eigenvalue weighted by Crippen LogP contribution is -2.37. The third-order valence-corrected chi connectivity index (χ3v) is 3.59. The minimum absolute atomic E-state index is 0. The summed E-state index contributed by atoms with van der Waals surface area (Å²) in [6, 6.07) is 7.81. The van der Waals surface area contributed by atoms with Gasteiger partial charge in [0.1, 0.15) is 5.75 Å². The zero-order valence-electron chi connectivity index (χ0n) is 14.6. The number of likely N-dealkylation sites (N-methyl/N-ethyl adjacent to an activating group) is 1. The number of halogens is 2. The first kappa shape index (κ1) is 23.2. The van der Waals surface area contributed by atoms with Crippen LogP contribution in [-0.4, -0.2) is 37.6 Å². The zero-order valence-corrected chi connectivity index (χ0v) is 16.2. The molecular weight excluding hydrogens is 365 g/mol. The maximum Gasteiger partial charge on any atom is 0.220 e. The van der Waals surface area contributed by atoms with Gasteiger partial charge in [0.2, 0.25) is 5.91 Å². The number of methoxy groups -OCH3 is 1. The summed E-state index contributed by atoms with van der Waals surface area (Å²) in [6.07, 6.45) is 2.52. The molecule has 8 heteroatoms. The highest BCUT2D eigenvalue weighted by Gasteiger charge is 2.09. The average molecular weight is 390 g/mol. The quantitative estimate of drug-likeness (QED) is 0.725. The molecule has 2 N–H and O–H groups in total.